The second-order valence-corrected chi connectivity index (χ2v) is 5.85. The van der Waals surface area contributed by atoms with Crippen LogP contribution >= 0.6 is 12.4 Å². The van der Waals surface area contributed by atoms with E-state index in [1.165, 1.54) is 0 Å². The lowest BCUT2D eigenvalue weighted by atomic mass is 10.2. The van der Waals surface area contributed by atoms with E-state index >= 15 is 0 Å². The Morgan fingerprint density at radius 1 is 1.47 bits per heavy atom. The van der Waals surface area contributed by atoms with Crippen molar-refractivity contribution in [2.45, 2.75) is 38.6 Å². The molecular weight excluding hydrogens is 236 g/mol. The molecule has 92 valence electrons. The summed E-state index contributed by atoms with van der Waals surface area (Å²) in [6.45, 7) is 3.11. The fourth-order valence-corrected chi connectivity index (χ4v) is 3.80. The highest BCUT2D eigenvalue weighted by Crippen LogP contribution is 2.20. The standard InChI is InChI=1S/C9H20N2O2S.ClH/c1-2-3-7-14(12,13)11-6-4-5-9(11)8-10;/h9H,2-8,10H2,1H3;1H. The van der Waals surface area contributed by atoms with Crippen LogP contribution in [0.4, 0.5) is 0 Å². The first kappa shape index (κ1) is 15.2. The molecule has 0 aliphatic carbocycles. The van der Waals surface area contributed by atoms with Crippen molar-refractivity contribution in [3.05, 3.63) is 0 Å². The Balaban J connectivity index is 0.00000196. The summed E-state index contributed by atoms with van der Waals surface area (Å²) in [5.41, 5.74) is 5.54. The first-order chi connectivity index (χ1) is 6.61. The van der Waals surface area contributed by atoms with Gasteiger partial charge in [0.05, 0.1) is 5.75 Å². The van der Waals surface area contributed by atoms with Gasteiger partial charge >= 0.3 is 0 Å². The molecule has 0 radical (unpaired) electrons. The maximum atomic E-state index is 11.8. The predicted octanol–water partition coefficient (Wildman–Crippen LogP) is 0.961. The van der Waals surface area contributed by atoms with Crippen molar-refractivity contribution < 1.29 is 8.42 Å². The van der Waals surface area contributed by atoms with Crippen LogP contribution in [0.3, 0.4) is 0 Å². The van der Waals surface area contributed by atoms with Crippen molar-refractivity contribution in [1.82, 2.24) is 4.31 Å². The molecule has 0 bridgehead atoms. The molecule has 1 aliphatic rings. The van der Waals surface area contributed by atoms with Gasteiger partial charge in [-0.1, -0.05) is 13.3 Å². The summed E-state index contributed by atoms with van der Waals surface area (Å²) in [4.78, 5) is 0. The Labute approximate surface area is 98.7 Å². The number of sulfonamides is 1. The predicted molar refractivity (Wildman–Crippen MR) is 64.7 cm³/mol. The van der Waals surface area contributed by atoms with Gasteiger partial charge in [-0.3, -0.25) is 0 Å². The van der Waals surface area contributed by atoms with E-state index in [4.69, 9.17) is 5.73 Å². The third kappa shape index (κ3) is 3.90. The van der Waals surface area contributed by atoms with Crippen LogP contribution in [0, 0.1) is 0 Å². The van der Waals surface area contributed by atoms with Crippen molar-refractivity contribution in [2.75, 3.05) is 18.8 Å². The highest BCUT2D eigenvalue weighted by molar-refractivity contribution is 7.89. The number of halogens is 1. The highest BCUT2D eigenvalue weighted by atomic mass is 35.5. The van der Waals surface area contributed by atoms with Crippen LogP contribution in [0.25, 0.3) is 0 Å². The SMILES string of the molecule is CCCCS(=O)(=O)N1CCCC1CN.Cl. The van der Waals surface area contributed by atoms with Crippen LogP contribution in [0.15, 0.2) is 0 Å². The Morgan fingerprint density at radius 3 is 2.67 bits per heavy atom. The van der Waals surface area contributed by atoms with Gasteiger partial charge in [0.15, 0.2) is 0 Å². The molecule has 1 atom stereocenters. The van der Waals surface area contributed by atoms with Crippen molar-refractivity contribution in [3.63, 3.8) is 0 Å². The van der Waals surface area contributed by atoms with Gasteiger partial charge < -0.3 is 5.73 Å². The minimum absolute atomic E-state index is 0. The van der Waals surface area contributed by atoms with Gasteiger partial charge in [-0.05, 0) is 19.3 Å². The molecule has 0 spiro atoms. The molecular formula is C9H21ClN2O2S. The maximum absolute atomic E-state index is 11.8. The van der Waals surface area contributed by atoms with E-state index in [1.54, 1.807) is 4.31 Å². The summed E-state index contributed by atoms with van der Waals surface area (Å²) in [6.07, 6.45) is 3.53. The van der Waals surface area contributed by atoms with E-state index in [0.717, 1.165) is 25.7 Å². The number of nitrogens with two attached hydrogens (primary N) is 1. The van der Waals surface area contributed by atoms with Gasteiger partial charge in [-0.2, -0.15) is 4.31 Å². The Hall–Kier alpha value is 0.160. The van der Waals surface area contributed by atoms with Crippen LogP contribution in [-0.2, 0) is 10.0 Å². The third-order valence-electron chi connectivity index (χ3n) is 2.71. The molecule has 15 heavy (non-hydrogen) atoms. The molecule has 1 rings (SSSR count). The molecule has 0 aromatic rings. The normalized spacial score (nSPS) is 22.7. The zero-order valence-electron chi connectivity index (χ0n) is 9.18. The van der Waals surface area contributed by atoms with E-state index in [9.17, 15) is 8.42 Å². The molecule has 0 aromatic carbocycles. The van der Waals surface area contributed by atoms with E-state index in [1.807, 2.05) is 6.92 Å². The number of hydrogen-bond donors (Lipinski definition) is 1. The van der Waals surface area contributed by atoms with Crippen LogP contribution in [0.2, 0.25) is 0 Å². The lowest BCUT2D eigenvalue weighted by Crippen LogP contribution is -2.41. The Kier molecular flexibility index (Phi) is 6.75. The Bertz CT molecular complexity index is 269. The number of nitrogens with zero attached hydrogens (tertiary/aromatic N) is 1. The quantitative estimate of drug-likeness (QED) is 0.797. The Morgan fingerprint density at radius 2 is 2.13 bits per heavy atom. The summed E-state index contributed by atoms with van der Waals surface area (Å²) in [6, 6.07) is 0.0526. The minimum atomic E-state index is -3.03. The lowest BCUT2D eigenvalue weighted by molar-refractivity contribution is 0.392. The zero-order valence-corrected chi connectivity index (χ0v) is 10.8. The monoisotopic (exact) mass is 256 g/mol. The highest BCUT2D eigenvalue weighted by Gasteiger charge is 2.32. The van der Waals surface area contributed by atoms with Crippen molar-refractivity contribution in [3.8, 4) is 0 Å². The van der Waals surface area contributed by atoms with E-state index in [2.05, 4.69) is 0 Å². The fraction of sp³-hybridized carbons (Fsp3) is 1.00. The van der Waals surface area contributed by atoms with Crippen molar-refractivity contribution >= 4 is 22.4 Å². The van der Waals surface area contributed by atoms with Gasteiger partial charge in [-0.25, -0.2) is 8.42 Å². The van der Waals surface area contributed by atoms with Gasteiger partial charge in [0.25, 0.3) is 0 Å². The van der Waals surface area contributed by atoms with Crippen LogP contribution in [0.1, 0.15) is 32.6 Å². The van der Waals surface area contributed by atoms with Crippen molar-refractivity contribution in [2.24, 2.45) is 5.73 Å². The number of unbranched alkanes of at least 4 members (excludes halogenated alkanes) is 1. The van der Waals surface area contributed by atoms with Gasteiger partial charge in [0.1, 0.15) is 0 Å². The van der Waals surface area contributed by atoms with Crippen LogP contribution in [-0.4, -0.2) is 37.6 Å². The summed E-state index contributed by atoms with van der Waals surface area (Å²) < 4.78 is 25.3. The first-order valence-corrected chi connectivity index (χ1v) is 6.92. The van der Waals surface area contributed by atoms with Crippen molar-refractivity contribution in [1.29, 1.82) is 0 Å². The van der Waals surface area contributed by atoms with E-state index < -0.39 is 10.0 Å². The summed E-state index contributed by atoms with van der Waals surface area (Å²) in [5.74, 6) is 0.278. The molecule has 2 N–H and O–H groups in total. The smallest absolute Gasteiger partial charge is 0.214 e. The van der Waals surface area contributed by atoms with Crippen LogP contribution < -0.4 is 5.73 Å². The maximum Gasteiger partial charge on any atom is 0.214 e. The van der Waals surface area contributed by atoms with Gasteiger partial charge in [0, 0.05) is 19.1 Å². The summed E-state index contributed by atoms with van der Waals surface area (Å²) >= 11 is 0. The average Bonchev–Trinajstić information content (AvgIpc) is 2.63. The molecule has 0 aromatic heterocycles. The fourth-order valence-electron chi connectivity index (χ4n) is 1.85. The number of hydrogen-bond acceptors (Lipinski definition) is 3. The lowest BCUT2D eigenvalue weighted by Gasteiger charge is -2.22. The average molecular weight is 257 g/mol. The second kappa shape index (κ2) is 6.68. The van der Waals surface area contributed by atoms with E-state index in [-0.39, 0.29) is 24.2 Å². The first-order valence-electron chi connectivity index (χ1n) is 5.31. The molecule has 1 heterocycles. The molecule has 1 saturated heterocycles. The van der Waals surface area contributed by atoms with Gasteiger partial charge in [-0.15, -0.1) is 12.4 Å². The molecule has 4 nitrogen and oxygen atoms in total. The number of rotatable bonds is 5. The molecule has 0 amide bonds. The van der Waals surface area contributed by atoms with Crippen LogP contribution in [0.5, 0.6) is 0 Å². The topological polar surface area (TPSA) is 63.4 Å². The van der Waals surface area contributed by atoms with E-state index in [0.29, 0.717) is 13.1 Å². The molecule has 1 fully saturated rings. The van der Waals surface area contributed by atoms with Gasteiger partial charge in [0.2, 0.25) is 10.0 Å². The third-order valence-corrected chi connectivity index (χ3v) is 4.71. The molecule has 1 aliphatic heterocycles. The molecule has 0 saturated carbocycles. The second-order valence-electron chi connectivity index (χ2n) is 3.81. The molecule has 1 unspecified atom stereocenters. The largest absolute Gasteiger partial charge is 0.329 e. The zero-order chi connectivity index (χ0) is 10.6. The summed E-state index contributed by atoms with van der Waals surface area (Å²) in [5, 5.41) is 0. The molecule has 6 heteroatoms. The summed E-state index contributed by atoms with van der Waals surface area (Å²) in [7, 11) is -3.03. The minimum Gasteiger partial charge on any atom is -0.329 e.